The first kappa shape index (κ1) is 39.7. The molecule has 3 aromatic rings. The number of amides is 4. The van der Waals surface area contributed by atoms with Crippen LogP contribution in [0.25, 0.3) is 0 Å². The third kappa shape index (κ3) is 10.3. The lowest BCUT2D eigenvalue weighted by Gasteiger charge is -2.18. The number of anilines is 2. The molecule has 2 N–H and O–H groups in total. The molecule has 1 aliphatic heterocycles. The molecule has 2 heterocycles. The molecule has 0 bridgehead atoms. The molecule has 2 aliphatic rings. The number of aryl methyl sites for hydroxylation is 2. The van der Waals surface area contributed by atoms with Gasteiger partial charge in [0.2, 0.25) is 5.95 Å². The van der Waals surface area contributed by atoms with Crippen molar-refractivity contribution >= 4 is 51.3 Å². The number of urea groups is 1. The normalized spacial score (nSPS) is 14.8. The number of hydrogen-bond donors (Lipinski definition) is 2. The smallest absolute Gasteiger partial charge is 0.427 e. The molecule has 5 rings (SSSR count). The standard InChI is InChI=1S/C17H17ClFNO4.C15H16F3N5O4S/c1-9(2)15-16(21)20(17(22)24-15)13-8-14(11(18)7-12(13)19)23-10-5-3-4-6-10;1-9-19-12(22-14(20-9)27-2)21-13(24)23-28(25,26)11-6-4-3-5-10(11)7-8-15(16,17)18/h7-8,10H,3-6H2,1-2H3;3-6H,7-8H2,1-2H3,(H2,19,20,21,22,23,24). The number of rotatable bonds is 9. The summed E-state index contributed by atoms with van der Waals surface area (Å²) in [5.74, 6) is -1.38. The van der Waals surface area contributed by atoms with E-state index < -0.39 is 57.8 Å². The zero-order valence-corrected chi connectivity index (χ0v) is 29.7. The van der Waals surface area contributed by atoms with E-state index in [1.54, 1.807) is 18.6 Å². The summed E-state index contributed by atoms with van der Waals surface area (Å²) >= 11 is 6.04. The molecule has 0 spiro atoms. The minimum Gasteiger partial charge on any atom is -0.489 e. The number of carbonyl (C=O) groups is 3. The lowest BCUT2D eigenvalue weighted by atomic mass is 10.1. The largest absolute Gasteiger partial charge is 0.489 e. The summed E-state index contributed by atoms with van der Waals surface area (Å²) < 4.78 is 93.8. The molecule has 0 radical (unpaired) electrons. The van der Waals surface area contributed by atoms with Gasteiger partial charge in [-0.05, 0) is 76.1 Å². The maximum absolute atomic E-state index is 14.3. The van der Waals surface area contributed by atoms with E-state index in [2.05, 4.69) is 20.3 Å². The molecule has 14 nitrogen and oxygen atoms in total. The molecule has 0 unspecified atom stereocenters. The molecule has 1 saturated carbocycles. The minimum absolute atomic E-state index is 0.00962. The Morgan fingerprint density at radius 2 is 1.77 bits per heavy atom. The number of halogens is 5. The Bertz CT molecular complexity index is 1990. The van der Waals surface area contributed by atoms with Gasteiger partial charge in [0.15, 0.2) is 5.76 Å². The van der Waals surface area contributed by atoms with Gasteiger partial charge in [0.25, 0.3) is 10.0 Å². The van der Waals surface area contributed by atoms with Gasteiger partial charge in [0, 0.05) is 12.5 Å². The average Bonchev–Trinajstić information content (AvgIpc) is 3.67. The number of nitrogens with one attached hydrogen (secondary N) is 2. The van der Waals surface area contributed by atoms with Crippen LogP contribution >= 0.6 is 11.6 Å². The fourth-order valence-electron chi connectivity index (χ4n) is 5.01. The molecular weight excluding hydrogens is 740 g/mol. The Hall–Kier alpha value is -5.04. The van der Waals surface area contributed by atoms with Crippen LogP contribution in [0.1, 0.15) is 57.3 Å². The van der Waals surface area contributed by atoms with Gasteiger partial charge in [0.05, 0.1) is 28.8 Å². The van der Waals surface area contributed by atoms with E-state index >= 15 is 0 Å². The van der Waals surface area contributed by atoms with Crippen molar-refractivity contribution < 1.29 is 54.6 Å². The first-order valence-corrected chi connectivity index (χ1v) is 17.4. The van der Waals surface area contributed by atoms with Crippen molar-refractivity contribution in [2.45, 2.75) is 76.5 Å². The first-order chi connectivity index (χ1) is 24.4. The summed E-state index contributed by atoms with van der Waals surface area (Å²) in [7, 11) is -3.14. The third-order valence-corrected chi connectivity index (χ3v) is 9.09. The van der Waals surface area contributed by atoms with Gasteiger partial charge < -0.3 is 14.2 Å². The number of sulfonamides is 1. The highest BCUT2D eigenvalue weighted by Gasteiger charge is 2.40. The van der Waals surface area contributed by atoms with E-state index in [1.807, 2.05) is 0 Å². The predicted octanol–water partition coefficient (Wildman–Crippen LogP) is 6.77. The Kier molecular flexibility index (Phi) is 12.6. The van der Waals surface area contributed by atoms with Crippen LogP contribution in [0.2, 0.25) is 5.02 Å². The number of cyclic esters (lactones) is 1. The molecule has 52 heavy (non-hydrogen) atoms. The van der Waals surface area contributed by atoms with Crippen LogP contribution in [-0.2, 0) is 26.0 Å². The maximum atomic E-state index is 14.3. The van der Waals surface area contributed by atoms with Crippen LogP contribution in [0.15, 0.2) is 52.6 Å². The van der Waals surface area contributed by atoms with Crippen molar-refractivity contribution in [2.24, 2.45) is 0 Å². The number of ether oxygens (including phenoxy) is 3. The van der Waals surface area contributed by atoms with Gasteiger partial charge in [0.1, 0.15) is 17.4 Å². The number of imide groups is 1. The topological polar surface area (TPSA) is 179 Å². The average molecular weight is 773 g/mol. The van der Waals surface area contributed by atoms with Crippen molar-refractivity contribution in [1.29, 1.82) is 0 Å². The fraction of sp³-hybridized carbons (Fsp3) is 0.375. The van der Waals surface area contributed by atoms with Gasteiger partial charge >= 0.3 is 30.2 Å². The Labute approximate surface area is 300 Å². The second-order valence-electron chi connectivity index (χ2n) is 11.6. The number of benzene rings is 2. The summed E-state index contributed by atoms with van der Waals surface area (Å²) in [6.07, 6.45) is -3.20. The highest BCUT2D eigenvalue weighted by molar-refractivity contribution is 7.90. The highest BCUT2D eigenvalue weighted by Crippen LogP contribution is 2.37. The lowest BCUT2D eigenvalue weighted by Crippen LogP contribution is -2.35. The van der Waals surface area contributed by atoms with Gasteiger partial charge in [-0.15, -0.1) is 0 Å². The number of nitrogens with zero attached hydrogens (tertiary/aromatic N) is 4. The van der Waals surface area contributed by atoms with Crippen molar-refractivity contribution in [3.05, 3.63) is 70.0 Å². The summed E-state index contributed by atoms with van der Waals surface area (Å²) in [4.78, 5) is 47.9. The molecule has 1 aromatic heterocycles. The Morgan fingerprint density at radius 3 is 2.38 bits per heavy atom. The molecule has 280 valence electrons. The van der Waals surface area contributed by atoms with E-state index in [-0.39, 0.29) is 51.7 Å². The van der Waals surface area contributed by atoms with Crippen LogP contribution in [0.5, 0.6) is 11.8 Å². The maximum Gasteiger partial charge on any atom is 0.427 e. The van der Waals surface area contributed by atoms with Crippen molar-refractivity contribution in [1.82, 2.24) is 19.7 Å². The van der Waals surface area contributed by atoms with E-state index in [9.17, 15) is 40.4 Å². The van der Waals surface area contributed by atoms with Crippen LogP contribution in [0, 0.1) is 12.7 Å². The zero-order chi connectivity index (χ0) is 38.4. The summed E-state index contributed by atoms with van der Waals surface area (Å²) in [5, 5.41) is 2.21. The Morgan fingerprint density at radius 1 is 1.10 bits per heavy atom. The van der Waals surface area contributed by atoms with E-state index in [1.165, 1.54) is 38.3 Å². The zero-order valence-electron chi connectivity index (χ0n) is 28.1. The fourth-order valence-corrected chi connectivity index (χ4v) is 6.38. The second-order valence-corrected chi connectivity index (χ2v) is 13.6. The molecule has 1 saturated heterocycles. The van der Waals surface area contributed by atoms with E-state index in [0.717, 1.165) is 37.8 Å². The van der Waals surface area contributed by atoms with E-state index in [0.29, 0.717) is 10.5 Å². The summed E-state index contributed by atoms with van der Waals surface area (Å²) in [5.41, 5.74) is 0.240. The number of methoxy groups -OCH3 is 1. The molecule has 4 amide bonds. The number of carbonyl (C=O) groups excluding carboxylic acids is 3. The van der Waals surface area contributed by atoms with Crippen LogP contribution in [0.3, 0.4) is 0 Å². The number of aromatic nitrogens is 3. The minimum atomic E-state index is -4.45. The summed E-state index contributed by atoms with van der Waals surface area (Å²) in [6, 6.07) is 6.14. The quantitative estimate of drug-likeness (QED) is 0.173. The molecule has 2 aromatic carbocycles. The lowest BCUT2D eigenvalue weighted by molar-refractivity contribution is -0.134. The number of alkyl halides is 3. The third-order valence-electron chi connectivity index (χ3n) is 7.36. The number of hydrogen-bond acceptors (Lipinski definition) is 11. The first-order valence-electron chi connectivity index (χ1n) is 15.5. The van der Waals surface area contributed by atoms with Crippen LogP contribution in [-0.4, -0.2) is 60.8 Å². The molecule has 0 atom stereocenters. The van der Waals surface area contributed by atoms with Crippen LogP contribution in [0.4, 0.5) is 38.8 Å². The molecular formula is C32H33ClF4N6O8S. The SMILES string of the molecule is CC(C)=C1OC(=O)N(c2cc(OC3CCCC3)c(Cl)cc2F)C1=O.COc1nc(C)nc(NC(=O)NS(=O)(=O)c2ccccc2CCC(F)(F)F)n1. The predicted molar refractivity (Wildman–Crippen MR) is 178 cm³/mol. The van der Waals surface area contributed by atoms with Crippen molar-refractivity contribution in [3.63, 3.8) is 0 Å². The molecule has 1 aliphatic carbocycles. The number of allylic oxidation sites excluding steroid dienone is 1. The molecule has 20 heteroatoms. The van der Waals surface area contributed by atoms with Gasteiger partial charge in [-0.2, -0.15) is 28.1 Å². The monoisotopic (exact) mass is 772 g/mol. The van der Waals surface area contributed by atoms with Crippen molar-refractivity contribution in [3.8, 4) is 11.8 Å². The van der Waals surface area contributed by atoms with Gasteiger partial charge in [-0.25, -0.2) is 32.0 Å². The highest BCUT2D eigenvalue weighted by atomic mass is 35.5. The van der Waals surface area contributed by atoms with Gasteiger partial charge in [-0.1, -0.05) is 29.8 Å². The van der Waals surface area contributed by atoms with Crippen LogP contribution < -0.4 is 24.4 Å². The Balaban J connectivity index is 0.000000235. The second kappa shape index (κ2) is 16.5. The van der Waals surface area contributed by atoms with Gasteiger partial charge in [-0.3, -0.25) is 10.1 Å². The summed E-state index contributed by atoms with van der Waals surface area (Å²) in [6.45, 7) is 4.77. The van der Waals surface area contributed by atoms with Crippen molar-refractivity contribution in [2.75, 3.05) is 17.3 Å². The van der Waals surface area contributed by atoms with E-state index in [4.69, 9.17) is 25.8 Å². The molecule has 2 fully saturated rings.